The fourth-order valence-corrected chi connectivity index (χ4v) is 5.84. The van der Waals surface area contributed by atoms with Crippen molar-refractivity contribution in [1.82, 2.24) is 0 Å². The average Bonchev–Trinajstić information content (AvgIpc) is 2.99. The Morgan fingerprint density at radius 3 is 2.67 bits per heavy atom. The number of rotatable bonds is 2. The zero-order chi connectivity index (χ0) is 21.0. The standard InChI is InChI=1S/C22H17ClN2O4S/c1-13-10-14-4-2-3-5-19(14)25(13)30(27,28)16-7-9-20-17(12-16)22(26)24-18-11-15(23)6-8-21(18)29-20/h2-9,11-13H,10H2,1H3,(H,24,26)/t13-/m1/s1. The fourth-order valence-electron chi connectivity index (χ4n) is 3.95. The monoisotopic (exact) mass is 440 g/mol. The summed E-state index contributed by atoms with van der Waals surface area (Å²) in [6.07, 6.45) is 0.639. The molecule has 1 amide bonds. The first-order valence-electron chi connectivity index (χ1n) is 9.40. The highest BCUT2D eigenvalue weighted by Gasteiger charge is 2.36. The molecule has 2 heterocycles. The number of carbonyl (C=O) groups excluding carboxylic acids is 1. The Labute approximate surface area is 179 Å². The number of fused-ring (bicyclic) bond motifs is 3. The minimum Gasteiger partial charge on any atom is -0.454 e. The number of nitrogens with one attached hydrogen (secondary N) is 1. The number of hydrogen-bond acceptors (Lipinski definition) is 4. The Hall–Kier alpha value is -3.03. The molecule has 0 radical (unpaired) electrons. The summed E-state index contributed by atoms with van der Waals surface area (Å²) in [4.78, 5) is 12.8. The van der Waals surface area contributed by atoms with Gasteiger partial charge in [-0.2, -0.15) is 0 Å². The lowest BCUT2D eigenvalue weighted by molar-refractivity contribution is 0.102. The molecule has 0 unspecified atom stereocenters. The van der Waals surface area contributed by atoms with Crippen molar-refractivity contribution in [2.45, 2.75) is 24.3 Å². The summed E-state index contributed by atoms with van der Waals surface area (Å²) >= 11 is 6.01. The van der Waals surface area contributed by atoms with E-state index in [1.165, 1.54) is 22.5 Å². The maximum absolute atomic E-state index is 13.5. The van der Waals surface area contributed by atoms with Gasteiger partial charge in [-0.1, -0.05) is 29.8 Å². The second kappa shape index (κ2) is 6.75. The first-order chi connectivity index (χ1) is 14.3. The first kappa shape index (κ1) is 19.0. The van der Waals surface area contributed by atoms with Gasteiger partial charge in [0.1, 0.15) is 5.75 Å². The molecular formula is C22H17ClN2O4S. The summed E-state index contributed by atoms with van der Waals surface area (Å²) in [6, 6.07) is 16.5. The van der Waals surface area contributed by atoms with Crippen LogP contribution in [0.2, 0.25) is 5.02 Å². The van der Waals surface area contributed by atoms with E-state index in [4.69, 9.17) is 16.3 Å². The third-order valence-electron chi connectivity index (χ3n) is 5.31. The van der Waals surface area contributed by atoms with E-state index in [1.807, 2.05) is 25.1 Å². The molecule has 0 fully saturated rings. The minimum absolute atomic E-state index is 0.0348. The molecule has 3 aromatic rings. The van der Waals surface area contributed by atoms with E-state index in [0.29, 0.717) is 28.6 Å². The smallest absolute Gasteiger partial charge is 0.264 e. The molecule has 30 heavy (non-hydrogen) atoms. The van der Waals surface area contributed by atoms with E-state index in [0.717, 1.165) is 5.56 Å². The fraction of sp³-hybridized carbons (Fsp3) is 0.136. The normalized spacial score (nSPS) is 17.3. The molecule has 6 nitrogen and oxygen atoms in total. The molecule has 1 atom stereocenters. The van der Waals surface area contributed by atoms with Gasteiger partial charge in [-0.25, -0.2) is 8.42 Å². The zero-order valence-electron chi connectivity index (χ0n) is 15.9. The SMILES string of the molecule is C[C@@H]1Cc2ccccc2N1S(=O)(=O)c1ccc2c(c1)C(=O)Nc1cc(Cl)ccc1O2. The minimum atomic E-state index is -3.87. The van der Waals surface area contributed by atoms with Gasteiger partial charge in [-0.3, -0.25) is 9.10 Å². The lowest BCUT2D eigenvalue weighted by Crippen LogP contribution is -2.35. The molecule has 0 aromatic heterocycles. The number of hydrogen-bond donors (Lipinski definition) is 1. The lowest BCUT2D eigenvalue weighted by Gasteiger charge is -2.24. The molecule has 2 aliphatic heterocycles. The van der Waals surface area contributed by atoms with Crippen molar-refractivity contribution < 1.29 is 17.9 Å². The van der Waals surface area contributed by atoms with Gasteiger partial charge in [-0.05, 0) is 61.4 Å². The Morgan fingerprint density at radius 2 is 1.83 bits per heavy atom. The van der Waals surface area contributed by atoms with Crippen molar-refractivity contribution in [3.05, 3.63) is 76.8 Å². The topological polar surface area (TPSA) is 75.7 Å². The van der Waals surface area contributed by atoms with Crippen LogP contribution in [0.25, 0.3) is 0 Å². The Balaban J connectivity index is 1.58. The Bertz CT molecular complexity index is 1310. The molecule has 3 aromatic carbocycles. The maximum Gasteiger partial charge on any atom is 0.264 e. The van der Waals surface area contributed by atoms with Gasteiger partial charge in [-0.15, -0.1) is 0 Å². The molecular weight excluding hydrogens is 424 g/mol. The Morgan fingerprint density at radius 1 is 1.07 bits per heavy atom. The van der Waals surface area contributed by atoms with Crippen LogP contribution in [-0.4, -0.2) is 20.4 Å². The number of sulfonamides is 1. The maximum atomic E-state index is 13.5. The summed E-state index contributed by atoms with van der Waals surface area (Å²) in [5.74, 6) is 0.254. The molecule has 8 heteroatoms. The van der Waals surface area contributed by atoms with Crippen LogP contribution in [-0.2, 0) is 16.4 Å². The van der Waals surface area contributed by atoms with Crippen LogP contribution < -0.4 is 14.4 Å². The number of nitrogens with zero attached hydrogens (tertiary/aromatic N) is 1. The van der Waals surface area contributed by atoms with Gasteiger partial charge in [0, 0.05) is 11.1 Å². The highest BCUT2D eigenvalue weighted by atomic mass is 35.5. The number of benzene rings is 3. The van der Waals surface area contributed by atoms with Crippen LogP contribution >= 0.6 is 11.6 Å². The quantitative estimate of drug-likeness (QED) is 0.618. The van der Waals surface area contributed by atoms with Crippen LogP contribution in [0.15, 0.2) is 65.6 Å². The summed E-state index contributed by atoms with van der Waals surface area (Å²) in [5.41, 5.74) is 2.22. The second-order valence-electron chi connectivity index (χ2n) is 7.34. The molecule has 5 rings (SSSR count). The lowest BCUT2D eigenvalue weighted by atomic mass is 10.1. The van der Waals surface area contributed by atoms with E-state index >= 15 is 0 Å². The van der Waals surface area contributed by atoms with Crippen LogP contribution in [0.3, 0.4) is 0 Å². The molecule has 0 spiro atoms. The third kappa shape index (κ3) is 2.93. The van der Waals surface area contributed by atoms with Crippen molar-refractivity contribution in [2.24, 2.45) is 0 Å². The Kier molecular flexibility index (Phi) is 4.27. The number of para-hydroxylation sites is 1. The predicted octanol–water partition coefficient (Wildman–Crippen LogP) is 4.84. The van der Waals surface area contributed by atoms with Gasteiger partial charge in [0.2, 0.25) is 0 Å². The van der Waals surface area contributed by atoms with Gasteiger partial charge in [0.15, 0.2) is 5.75 Å². The van der Waals surface area contributed by atoms with Crippen molar-refractivity contribution in [3.8, 4) is 11.5 Å². The van der Waals surface area contributed by atoms with E-state index in [1.54, 1.807) is 24.3 Å². The van der Waals surface area contributed by atoms with Crippen LogP contribution in [0.4, 0.5) is 11.4 Å². The highest BCUT2D eigenvalue weighted by molar-refractivity contribution is 7.92. The summed E-state index contributed by atoms with van der Waals surface area (Å²) in [5, 5.41) is 3.19. The largest absolute Gasteiger partial charge is 0.454 e. The van der Waals surface area contributed by atoms with E-state index in [2.05, 4.69) is 5.32 Å². The molecule has 0 saturated carbocycles. The van der Waals surface area contributed by atoms with Crippen molar-refractivity contribution in [1.29, 1.82) is 0 Å². The van der Waals surface area contributed by atoms with Crippen molar-refractivity contribution in [3.63, 3.8) is 0 Å². The van der Waals surface area contributed by atoms with Crippen molar-refractivity contribution >= 4 is 38.9 Å². The van der Waals surface area contributed by atoms with Gasteiger partial charge in [0.05, 0.1) is 21.8 Å². The molecule has 1 N–H and O–H groups in total. The van der Waals surface area contributed by atoms with Crippen LogP contribution in [0.5, 0.6) is 11.5 Å². The van der Waals surface area contributed by atoms with Crippen molar-refractivity contribution in [2.75, 3.05) is 9.62 Å². The number of ether oxygens (including phenoxy) is 1. The van der Waals surface area contributed by atoms with Crippen LogP contribution in [0, 0.1) is 0 Å². The summed E-state index contributed by atoms with van der Waals surface area (Å²) in [7, 11) is -3.87. The van der Waals surface area contributed by atoms with Gasteiger partial charge in [0.25, 0.3) is 15.9 Å². The molecule has 2 aliphatic rings. The van der Waals surface area contributed by atoms with Gasteiger partial charge < -0.3 is 10.1 Å². The third-order valence-corrected chi connectivity index (χ3v) is 7.47. The highest BCUT2D eigenvalue weighted by Crippen LogP contribution is 2.40. The number of halogens is 1. The summed E-state index contributed by atoms with van der Waals surface area (Å²) in [6.45, 7) is 1.87. The predicted molar refractivity (Wildman–Crippen MR) is 115 cm³/mol. The van der Waals surface area contributed by atoms with E-state index in [-0.39, 0.29) is 22.3 Å². The zero-order valence-corrected chi connectivity index (χ0v) is 17.5. The summed E-state index contributed by atoms with van der Waals surface area (Å²) < 4.78 is 34.2. The second-order valence-corrected chi connectivity index (χ2v) is 9.59. The molecule has 152 valence electrons. The van der Waals surface area contributed by atoms with Crippen LogP contribution in [0.1, 0.15) is 22.8 Å². The molecule has 0 aliphatic carbocycles. The number of anilines is 2. The number of amides is 1. The average molecular weight is 441 g/mol. The molecule has 0 saturated heterocycles. The van der Waals surface area contributed by atoms with E-state index in [9.17, 15) is 13.2 Å². The molecule has 0 bridgehead atoms. The first-order valence-corrected chi connectivity index (χ1v) is 11.2. The number of carbonyl (C=O) groups is 1. The van der Waals surface area contributed by atoms with Gasteiger partial charge >= 0.3 is 0 Å². The van der Waals surface area contributed by atoms with E-state index < -0.39 is 15.9 Å².